The monoisotopic (exact) mass is 466 g/mol. The topological polar surface area (TPSA) is 85.2 Å². The number of tetrazole rings is 1. The molecule has 1 atom stereocenters. The van der Waals surface area contributed by atoms with E-state index >= 15 is 0 Å². The quantitative estimate of drug-likeness (QED) is 0.454. The first kappa shape index (κ1) is 22.3. The summed E-state index contributed by atoms with van der Waals surface area (Å²) in [6.45, 7) is 4.16. The van der Waals surface area contributed by atoms with Gasteiger partial charge in [0.2, 0.25) is 5.91 Å². The van der Waals surface area contributed by atoms with Crippen molar-refractivity contribution in [3.8, 4) is 5.75 Å². The van der Waals surface area contributed by atoms with Gasteiger partial charge in [-0.25, -0.2) is 0 Å². The van der Waals surface area contributed by atoms with Gasteiger partial charge in [-0.3, -0.25) is 9.69 Å². The molecule has 0 bridgehead atoms. The molecular formula is C27H26N6O2. The van der Waals surface area contributed by atoms with E-state index in [0.29, 0.717) is 11.6 Å². The normalized spacial score (nSPS) is 14.8. The smallest absolute Gasteiger partial charge is 0.251 e. The van der Waals surface area contributed by atoms with Crippen molar-refractivity contribution in [3.05, 3.63) is 101 Å². The minimum atomic E-state index is -0.196. The number of benzene rings is 3. The number of aromatic nitrogens is 4. The Morgan fingerprint density at radius 2 is 1.60 bits per heavy atom. The molecule has 0 fully saturated rings. The zero-order valence-corrected chi connectivity index (χ0v) is 19.8. The average molecular weight is 467 g/mol. The Morgan fingerprint density at radius 3 is 2.26 bits per heavy atom. The molecule has 2 heterocycles. The molecule has 0 unspecified atom stereocenters. The van der Waals surface area contributed by atoms with E-state index in [9.17, 15) is 4.79 Å². The zero-order valence-electron chi connectivity index (χ0n) is 19.8. The van der Waals surface area contributed by atoms with Gasteiger partial charge in [-0.15, -0.1) is 0 Å². The van der Waals surface area contributed by atoms with Crippen LogP contribution in [0.15, 0.2) is 78.9 Å². The first-order chi connectivity index (χ1) is 17.0. The molecule has 8 heteroatoms. The van der Waals surface area contributed by atoms with Crippen LogP contribution >= 0.6 is 0 Å². The van der Waals surface area contributed by atoms with Gasteiger partial charge in [0, 0.05) is 5.69 Å². The minimum absolute atomic E-state index is 0.0483. The number of rotatable bonds is 6. The Bertz CT molecular complexity index is 1360. The van der Waals surface area contributed by atoms with Crippen molar-refractivity contribution in [2.75, 3.05) is 23.9 Å². The number of ether oxygens (including phenoxy) is 1. The number of carbonyl (C=O) groups is 1. The highest BCUT2D eigenvalue weighted by Crippen LogP contribution is 2.36. The van der Waals surface area contributed by atoms with E-state index in [4.69, 9.17) is 4.74 Å². The summed E-state index contributed by atoms with van der Waals surface area (Å²) >= 11 is 0. The van der Waals surface area contributed by atoms with Crippen LogP contribution in [0, 0.1) is 13.8 Å². The molecule has 176 valence electrons. The summed E-state index contributed by atoms with van der Waals surface area (Å²) in [6.07, 6.45) is 2.11. The van der Waals surface area contributed by atoms with Crippen LogP contribution in [0.1, 0.15) is 28.3 Å². The Balaban J connectivity index is 1.50. The number of nitrogens with one attached hydrogen (secondary N) is 1. The van der Waals surface area contributed by atoms with Crippen molar-refractivity contribution in [1.29, 1.82) is 0 Å². The molecule has 1 aliphatic rings. The van der Waals surface area contributed by atoms with Crippen molar-refractivity contribution in [1.82, 2.24) is 20.2 Å². The number of carbonyl (C=O) groups excluding carboxylic acids is 1. The van der Waals surface area contributed by atoms with Crippen LogP contribution in [0.4, 0.5) is 11.6 Å². The van der Waals surface area contributed by atoms with Crippen molar-refractivity contribution in [3.63, 3.8) is 0 Å². The van der Waals surface area contributed by atoms with Gasteiger partial charge in [-0.05, 0) is 65.7 Å². The van der Waals surface area contributed by atoms with Crippen LogP contribution in [0.25, 0.3) is 5.70 Å². The van der Waals surface area contributed by atoms with Gasteiger partial charge in [0.15, 0.2) is 0 Å². The van der Waals surface area contributed by atoms with Gasteiger partial charge in [-0.1, -0.05) is 64.8 Å². The molecule has 0 saturated carbocycles. The molecule has 3 aromatic carbocycles. The lowest BCUT2D eigenvalue weighted by Gasteiger charge is -2.32. The molecule has 0 aliphatic carbocycles. The number of fused-ring (bicyclic) bond motifs is 1. The summed E-state index contributed by atoms with van der Waals surface area (Å²) in [5.41, 5.74) is 5.96. The van der Waals surface area contributed by atoms with Gasteiger partial charge in [0.05, 0.1) is 12.8 Å². The van der Waals surface area contributed by atoms with Gasteiger partial charge in [-0.2, -0.15) is 4.68 Å². The van der Waals surface area contributed by atoms with E-state index in [-0.39, 0.29) is 18.5 Å². The number of hydrogen-bond acceptors (Lipinski definition) is 6. The summed E-state index contributed by atoms with van der Waals surface area (Å²) < 4.78 is 6.95. The summed E-state index contributed by atoms with van der Waals surface area (Å²) in [7, 11) is 1.61. The van der Waals surface area contributed by atoms with Crippen LogP contribution in [-0.2, 0) is 4.79 Å². The highest BCUT2D eigenvalue weighted by atomic mass is 16.5. The lowest BCUT2D eigenvalue weighted by molar-refractivity contribution is -0.114. The third-order valence-corrected chi connectivity index (χ3v) is 6.03. The molecular weight excluding hydrogens is 440 g/mol. The van der Waals surface area contributed by atoms with E-state index in [1.807, 2.05) is 4.90 Å². The van der Waals surface area contributed by atoms with Crippen molar-refractivity contribution in [2.45, 2.75) is 19.9 Å². The maximum Gasteiger partial charge on any atom is 0.251 e. The van der Waals surface area contributed by atoms with Gasteiger partial charge in [0.25, 0.3) is 5.95 Å². The number of aryl methyl sites for hydroxylation is 2. The molecule has 1 N–H and O–H groups in total. The molecule has 1 aliphatic heterocycles. The molecule has 35 heavy (non-hydrogen) atoms. The fraction of sp³-hybridized carbons (Fsp3) is 0.185. The summed E-state index contributed by atoms with van der Waals surface area (Å²) in [5, 5.41) is 15.5. The second-order valence-electron chi connectivity index (χ2n) is 8.56. The lowest BCUT2D eigenvalue weighted by atomic mass is 9.99. The summed E-state index contributed by atoms with van der Waals surface area (Å²) in [5.74, 6) is 1.06. The van der Waals surface area contributed by atoms with Crippen molar-refractivity contribution < 1.29 is 9.53 Å². The fourth-order valence-electron chi connectivity index (χ4n) is 4.12. The van der Waals surface area contributed by atoms with Crippen LogP contribution in [-0.4, -0.2) is 39.8 Å². The zero-order chi connectivity index (χ0) is 24.4. The van der Waals surface area contributed by atoms with E-state index in [0.717, 1.165) is 28.1 Å². The first-order valence-electron chi connectivity index (χ1n) is 11.4. The molecule has 0 spiro atoms. The molecule has 5 rings (SSSR count). The molecule has 1 amide bonds. The molecule has 8 nitrogen and oxygen atoms in total. The number of allylic oxidation sites excluding steroid dienone is 1. The predicted octanol–water partition coefficient (Wildman–Crippen LogP) is 4.39. The third kappa shape index (κ3) is 4.63. The second-order valence-corrected chi connectivity index (χ2v) is 8.56. The molecule has 1 aromatic heterocycles. The predicted molar refractivity (Wildman–Crippen MR) is 135 cm³/mol. The highest BCUT2D eigenvalue weighted by Gasteiger charge is 2.32. The van der Waals surface area contributed by atoms with E-state index in [1.54, 1.807) is 36.1 Å². The van der Waals surface area contributed by atoms with Crippen LogP contribution in [0.5, 0.6) is 5.75 Å². The highest BCUT2D eigenvalue weighted by molar-refractivity contribution is 5.97. The SMILES string of the molecule is COc1ccc(NC(=O)CN2C(c3ccc(C)cc3)=C[C@H](c3ccc(C)cc3)n3nnnc32)cc1. The van der Waals surface area contributed by atoms with Gasteiger partial charge >= 0.3 is 0 Å². The third-order valence-electron chi connectivity index (χ3n) is 6.03. The summed E-state index contributed by atoms with van der Waals surface area (Å²) in [6, 6.07) is 23.6. The Labute approximate surface area is 203 Å². The standard InChI is InChI=1S/C27H26N6O2/c1-18-4-8-20(9-5-18)24-16-25(21-10-6-19(2)7-11-21)33-27(29-30-31-33)32(24)17-26(34)28-22-12-14-23(35-3)15-13-22/h4-16,25H,17H2,1-3H3,(H,28,34)/t25-/m1/s1. The van der Waals surface area contributed by atoms with E-state index < -0.39 is 0 Å². The van der Waals surface area contributed by atoms with Gasteiger partial charge < -0.3 is 10.1 Å². The summed E-state index contributed by atoms with van der Waals surface area (Å²) in [4.78, 5) is 15.0. The van der Waals surface area contributed by atoms with Crippen LogP contribution in [0.2, 0.25) is 0 Å². The lowest BCUT2D eigenvalue weighted by Crippen LogP contribution is -2.37. The maximum atomic E-state index is 13.1. The first-order valence-corrected chi connectivity index (χ1v) is 11.4. The Kier molecular flexibility index (Phi) is 6.01. The number of anilines is 2. The fourth-order valence-corrected chi connectivity index (χ4v) is 4.12. The second kappa shape index (κ2) is 9.42. The number of nitrogens with zero attached hydrogens (tertiary/aromatic N) is 5. The van der Waals surface area contributed by atoms with Crippen LogP contribution in [0.3, 0.4) is 0 Å². The van der Waals surface area contributed by atoms with Crippen LogP contribution < -0.4 is 15.0 Å². The maximum absolute atomic E-state index is 13.1. The Morgan fingerprint density at radius 1 is 0.943 bits per heavy atom. The number of hydrogen-bond donors (Lipinski definition) is 1. The number of amides is 1. The molecule has 4 aromatic rings. The number of methoxy groups -OCH3 is 1. The average Bonchev–Trinajstić information content (AvgIpc) is 3.36. The minimum Gasteiger partial charge on any atom is -0.497 e. The Hall–Kier alpha value is -4.46. The van der Waals surface area contributed by atoms with Gasteiger partial charge in [0.1, 0.15) is 18.3 Å². The largest absolute Gasteiger partial charge is 0.497 e. The molecule has 0 saturated heterocycles. The van der Waals surface area contributed by atoms with Crippen molar-refractivity contribution in [2.24, 2.45) is 0 Å². The van der Waals surface area contributed by atoms with E-state index in [1.165, 1.54) is 5.56 Å². The van der Waals surface area contributed by atoms with Crippen molar-refractivity contribution >= 4 is 23.2 Å². The molecule has 0 radical (unpaired) electrons. The van der Waals surface area contributed by atoms with E-state index in [2.05, 4.69) is 89.3 Å².